The highest BCUT2D eigenvalue weighted by Crippen LogP contribution is 2.42. The van der Waals surface area contributed by atoms with Gasteiger partial charge in [0.25, 0.3) is 0 Å². The predicted octanol–water partition coefficient (Wildman–Crippen LogP) is 2.09. The van der Waals surface area contributed by atoms with Gasteiger partial charge in [-0.1, -0.05) is 0 Å². The number of hydrogen-bond acceptors (Lipinski definition) is 5. The molecule has 1 aromatic carbocycles. The maximum Gasteiger partial charge on any atom is 0.306 e. The summed E-state index contributed by atoms with van der Waals surface area (Å²) in [5.41, 5.74) is 0.857. The van der Waals surface area contributed by atoms with Crippen LogP contribution in [0, 0.1) is 0 Å². The molecule has 1 fully saturated rings. The molecule has 1 aliphatic rings. The molecule has 0 aromatic heterocycles. The Morgan fingerprint density at radius 2 is 1.72 bits per heavy atom. The summed E-state index contributed by atoms with van der Waals surface area (Å²) < 4.78 is 21.0. The molecule has 0 bridgehead atoms. The average Bonchev–Trinajstić information content (AvgIpc) is 2.83. The van der Waals surface area contributed by atoms with Gasteiger partial charge in [0.05, 0.1) is 21.3 Å². The Balaban J connectivity index is 2.40. The van der Waals surface area contributed by atoms with Gasteiger partial charge in [-0.25, -0.2) is 0 Å². The van der Waals surface area contributed by atoms with Crippen molar-refractivity contribution < 1.29 is 23.7 Å². The Hall–Kier alpha value is -1.91. The maximum atomic E-state index is 11.1. The fourth-order valence-corrected chi connectivity index (χ4v) is 2.05. The van der Waals surface area contributed by atoms with E-state index in [2.05, 4.69) is 0 Å². The number of rotatable bonds is 4. The smallest absolute Gasteiger partial charge is 0.306 e. The molecule has 0 N–H and O–H groups in total. The van der Waals surface area contributed by atoms with Crippen LogP contribution in [0.25, 0.3) is 0 Å². The van der Waals surface area contributed by atoms with Crippen LogP contribution in [0.4, 0.5) is 0 Å². The van der Waals surface area contributed by atoms with Crippen LogP contribution in [-0.2, 0) is 9.53 Å². The van der Waals surface area contributed by atoms with E-state index in [4.69, 9.17) is 18.9 Å². The molecule has 0 amide bonds. The quantitative estimate of drug-likeness (QED) is 0.768. The van der Waals surface area contributed by atoms with Crippen molar-refractivity contribution in [3.8, 4) is 17.2 Å². The Morgan fingerprint density at radius 1 is 1.11 bits per heavy atom. The molecule has 5 nitrogen and oxygen atoms in total. The maximum absolute atomic E-state index is 11.1. The van der Waals surface area contributed by atoms with Gasteiger partial charge in [-0.2, -0.15) is 0 Å². The highest BCUT2D eigenvalue weighted by atomic mass is 16.6. The number of hydrogen-bond donors (Lipinski definition) is 0. The summed E-state index contributed by atoms with van der Waals surface area (Å²) in [6.45, 7) is 0. The standard InChI is InChI=1S/C13H16O5/c1-15-10-6-8(9-4-5-12(14)18-9)7-11(16-2)13(10)17-3/h6-7,9H,4-5H2,1-3H3. The Labute approximate surface area is 106 Å². The van der Waals surface area contributed by atoms with Crippen LogP contribution >= 0.6 is 0 Å². The molecule has 1 atom stereocenters. The summed E-state index contributed by atoms with van der Waals surface area (Å²) in [6, 6.07) is 3.62. The van der Waals surface area contributed by atoms with Gasteiger partial charge in [-0.05, 0) is 18.6 Å². The van der Waals surface area contributed by atoms with Crippen LogP contribution in [0.15, 0.2) is 12.1 Å². The number of esters is 1. The zero-order valence-electron chi connectivity index (χ0n) is 10.7. The summed E-state index contributed by atoms with van der Waals surface area (Å²) in [5.74, 6) is 1.49. The largest absolute Gasteiger partial charge is 0.493 e. The van der Waals surface area contributed by atoms with Crippen molar-refractivity contribution in [1.29, 1.82) is 0 Å². The molecule has 0 spiro atoms. The first-order valence-electron chi connectivity index (χ1n) is 5.69. The van der Waals surface area contributed by atoms with Gasteiger partial charge in [-0.15, -0.1) is 0 Å². The van der Waals surface area contributed by atoms with Crippen molar-refractivity contribution in [1.82, 2.24) is 0 Å². The molecular formula is C13H16O5. The lowest BCUT2D eigenvalue weighted by Gasteiger charge is -2.16. The van der Waals surface area contributed by atoms with E-state index >= 15 is 0 Å². The minimum absolute atomic E-state index is 0.172. The molecule has 1 aliphatic heterocycles. The molecule has 18 heavy (non-hydrogen) atoms. The molecule has 1 saturated heterocycles. The topological polar surface area (TPSA) is 54.0 Å². The van der Waals surface area contributed by atoms with E-state index in [9.17, 15) is 4.79 Å². The van der Waals surface area contributed by atoms with Gasteiger partial charge < -0.3 is 18.9 Å². The lowest BCUT2D eigenvalue weighted by atomic mass is 10.1. The van der Waals surface area contributed by atoms with Crippen LogP contribution in [0.1, 0.15) is 24.5 Å². The van der Waals surface area contributed by atoms with E-state index in [1.807, 2.05) is 12.1 Å². The van der Waals surface area contributed by atoms with Gasteiger partial charge in [0, 0.05) is 12.0 Å². The molecule has 0 radical (unpaired) electrons. The molecule has 1 unspecified atom stereocenters. The molecule has 1 aromatic rings. The number of cyclic esters (lactones) is 1. The molecule has 98 valence electrons. The second-order valence-electron chi connectivity index (χ2n) is 3.98. The van der Waals surface area contributed by atoms with Crippen LogP contribution in [0.3, 0.4) is 0 Å². The van der Waals surface area contributed by atoms with Gasteiger partial charge in [0.1, 0.15) is 6.10 Å². The van der Waals surface area contributed by atoms with Crippen LogP contribution in [0.2, 0.25) is 0 Å². The van der Waals surface area contributed by atoms with E-state index in [0.717, 1.165) is 5.56 Å². The molecular weight excluding hydrogens is 236 g/mol. The number of carbonyl (C=O) groups is 1. The molecule has 2 rings (SSSR count). The van der Waals surface area contributed by atoms with Crippen LogP contribution < -0.4 is 14.2 Å². The Morgan fingerprint density at radius 3 is 2.11 bits per heavy atom. The molecule has 5 heteroatoms. The lowest BCUT2D eigenvalue weighted by Crippen LogP contribution is -2.02. The first-order chi connectivity index (χ1) is 8.69. The average molecular weight is 252 g/mol. The van der Waals surface area contributed by atoms with Crippen molar-refractivity contribution >= 4 is 5.97 Å². The normalized spacial score (nSPS) is 18.4. The molecule has 0 aliphatic carbocycles. The zero-order valence-corrected chi connectivity index (χ0v) is 10.7. The minimum atomic E-state index is -0.230. The number of carbonyl (C=O) groups excluding carboxylic acids is 1. The second kappa shape index (κ2) is 5.16. The molecule has 1 heterocycles. The van der Waals surface area contributed by atoms with E-state index in [1.54, 1.807) is 21.3 Å². The third kappa shape index (κ3) is 2.20. The van der Waals surface area contributed by atoms with Crippen LogP contribution in [0.5, 0.6) is 17.2 Å². The molecule has 0 saturated carbocycles. The van der Waals surface area contributed by atoms with E-state index in [0.29, 0.717) is 30.1 Å². The number of ether oxygens (including phenoxy) is 4. The first-order valence-corrected chi connectivity index (χ1v) is 5.69. The van der Waals surface area contributed by atoms with Gasteiger partial charge >= 0.3 is 5.97 Å². The first kappa shape index (κ1) is 12.5. The van der Waals surface area contributed by atoms with Gasteiger partial charge in [0.15, 0.2) is 11.5 Å². The van der Waals surface area contributed by atoms with Gasteiger partial charge in [0.2, 0.25) is 5.75 Å². The Kier molecular flexibility index (Phi) is 3.60. The van der Waals surface area contributed by atoms with Crippen molar-refractivity contribution in [2.75, 3.05) is 21.3 Å². The fourth-order valence-electron chi connectivity index (χ4n) is 2.05. The van der Waals surface area contributed by atoms with Gasteiger partial charge in [-0.3, -0.25) is 4.79 Å². The van der Waals surface area contributed by atoms with E-state index in [1.165, 1.54) is 0 Å². The summed E-state index contributed by atoms with van der Waals surface area (Å²) in [6.07, 6.45) is 0.893. The lowest BCUT2D eigenvalue weighted by molar-refractivity contribution is -0.141. The van der Waals surface area contributed by atoms with E-state index in [-0.39, 0.29) is 12.1 Å². The third-order valence-corrected chi connectivity index (χ3v) is 2.94. The Bertz CT molecular complexity index is 430. The van der Waals surface area contributed by atoms with Crippen molar-refractivity contribution in [3.63, 3.8) is 0 Å². The fraction of sp³-hybridized carbons (Fsp3) is 0.462. The zero-order chi connectivity index (χ0) is 13.1. The number of methoxy groups -OCH3 is 3. The summed E-state index contributed by atoms with van der Waals surface area (Å²) in [4.78, 5) is 11.1. The summed E-state index contributed by atoms with van der Waals surface area (Å²) >= 11 is 0. The van der Waals surface area contributed by atoms with Crippen molar-refractivity contribution in [2.24, 2.45) is 0 Å². The second-order valence-corrected chi connectivity index (χ2v) is 3.98. The minimum Gasteiger partial charge on any atom is -0.493 e. The van der Waals surface area contributed by atoms with Crippen LogP contribution in [-0.4, -0.2) is 27.3 Å². The SMILES string of the molecule is COc1cc(C2CCC(=O)O2)cc(OC)c1OC. The summed E-state index contributed by atoms with van der Waals surface area (Å²) in [7, 11) is 4.67. The summed E-state index contributed by atoms with van der Waals surface area (Å²) in [5, 5.41) is 0. The highest BCUT2D eigenvalue weighted by Gasteiger charge is 2.27. The van der Waals surface area contributed by atoms with Crippen molar-refractivity contribution in [2.45, 2.75) is 18.9 Å². The van der Waals surface area contributed by atoms with Crippen molar-refractivity contribution in [3.05, 3.63) is 17.7 Å². The highest BCUT2D eigenvalue weighted by molar-refractivity contribution is 5.72. The number of benzene rings is 1. The van der Waals surface area contributed by atoms with E-state index < -0.39 is 0 Å². The predicted molar refractivity (Wildman–Crippen MR) is 64.2 cm³/mol. The monoisotopic (exact) mass is 252 g/mol. The third-order valence-electron chi connectivity index (χ3n) is 2.94.